The Balaban J connectivity index is 1.90. The fourth-order valence-corrected chi connectivity index (χ4v) is 3.97. The third kappa shape index (κ3) is 2.73. The number of carbonyl (C=O) groups is 1. The summed E-state index contributed by atoms with van der Waals surface area (Å²) in [7, 11) is 0. The Labute approximate surface area is 131 Å². The van der Waals surface area contributed by atoms with Crippen LogP contribution < -0.4 is 0 Å². The Morgan fingerprint density at radius 3 is 2.77 bits per heavy atom. The molecule has 0 bridgehead atoms. The zero-order chi connectivity index (χ0) is 15.7. The van der Waals surface area contributed by atoms with E-state index in [4.69, 9.17) is 5.11 Å². The van der Waals surface area contributed by atoms with Crippen molar-refractivity contribution in [2.24, 2.45) is 0 Å². The van der Waals surface area contributed by atoms with E-state index in [-0.39, 0.29) is 16.9 Å². The van der Waals surface area contributed by atoms with Gasteiger partial charge >= 0.3 is 5.97 Å². The lowest BCUT2D eigenvalue weighted by Crippen LogP contribution is -2.06. The highest BCUT2D eigenvalue weighted by molar-refractivity contribution is 7.98. The molecule has 0 radical (unpaired) electrons. The van der Waals surface area contributed by atoms with Crippen molar-refractivity contribution in [2.75, 3.05) is 0 Å². The van der Waals surface area contributed by atoms with Gasteiger partial charge in [-0.2, -0.15) is 0 Å². The number of thioether (sulfide) groups is 1. The van der Waals surface area contributed by atoms with Crippen LogP contribution in [0, 0.1) is 11.6 Å². The van der Waals surface area contributed by atoms with Crippen LogP contribution in [0.4, 0.5) is 8.78 Å². The summed E-state index contributed by atoms with van der Waals surface area (Å²) in [5.74, 6) is -3.23. The monoisotopic (exact) mass is 320 g/mol. The highest BCUT2D eigenvalue weighted by Gasteiger charge is 2.20. The van der Waals surface area contributed by atoms with Crippen molar-refractivity contribution in [3.63, 3.8) is 0 Å². The highest BCUT2D eigenvalue weighted by Crippen LogP contribution is 2.34. The minimum Gasteiger partial charge on any atom is -0.478 e. The summed E-state index contributed by atoms with van der Waals surface area (Å²) in [5, 5.41) is 9.13. The number of rotatable bonds is 4. The van der Waals surface area contributed by atoms with Gasteiger partial charge in [-0.25, -0.2) is 13.6 Å². The number of halogens is 2. The molecule has 0 atom stereocenters. The number of hydrogen-bond acceptors (Lipinski definition) is 2. The van der Waals surface area contributed by atoms with E-state index < -0.39 is 17.6 Å². The first-order valence-corrected chi connectivity index (χ1v) is 8.00. The molecule has 2 aromatic carbocycles. The second-order valence-electron chi connectivity index (χ2n) is 5.23. The van der Waals surface area contributed by atoms with Crippen molar-refractivity contribution in [1.29, 1.82) is 0 Å². The van der Waals surface area contributed by atoms with Gasteiger partial charge in [-0.15, -0.1) is 11.8 Å². The molecule has 114 valence electrons. The summed E-state index contributed by atoms with van der Waals surface area (Å²) in [6.07, 6.45) is 3.12. The molecule has 1 N–H and O–H groups in total. The van der Waals surface area contributed by atoms with E-state index in [1.807, 2.05) is 12.1 Å². The number of aryl methyl sites for hydroxylation is 1. The normalized spacial score (nSPS) is 13.2. The SMILES string of the molecule is O=C(O)c1ccc(F)c(F)c1CSc1cccc2c1CCC2. The molecule has 0 amide bonds. The van der Waals surface area contributed by atoms with E-state index >= 15 is 0 Å². The Morgan fingerprint density at radius 2 is 2.00 bits per heavy atom. The zero-order valence-corrected chi connectivity index (χ0v) is 12.6. The first kappa shape index (κ1) is 15.0. The first-order valence-electron chi connectivity index (χ1n) is 7.01. The van der Waals surface area contributed by atoms with Crippen LogP contribution in [0.5, 0.6) is 0 Å². The second-order valence-corrected chi connectivity index (χ2v) is 6.25. The lowest BCUT2D eigenvalue weighted by molar-refractivity contribution is 0.0695. The van der Waals surface area contributed by atoms with E-state index in [1.165, 1.54) is 22.9 Å². The number of carboxylic acid groups (broad SMARTS) is 1. The van der Waals surface area contributed by atoms with Crippen molar-refractivity contribution in [1.82, 2.24) is 0 Å². The largest absolute Gasteiger partial charge is 0.478 e. The quantitative estimate of drug-likeness (QED) is 0.846. The molecular formula is C17H14F2O2S. The van der Waals surface area contributed by atoms with Gasteiger partial charge in [0.2, 0.25) is 0 Å². The molecule has 0 unspecified atom stereocenters. The number of carboxylic acids is 1. The first-order chi connectivity index (χ1) is 10.6. The second kappa shape index (κ2) is 6.08. The molecule has 0 fully saturated rings. The molecule has 0 aliphatic heterocycles. The Bertz CT molecular complexity index is 744. The fraction of sp³-hybridized carbons (Fsp3) is 0.235. The minimum atomic E-state index is -1.24. The number of aromatic carboxylic acids is 1. The van der Waals surface area contributed by atoms with Crippen molar-refractivity contribution in [3.05, 3.63) is 64.2 Å². The Kier molecular flexibility index (Phi) is 4.16. The Morgan fingerprint density at radius 1 is 1.18 bits per heavy atom. The standard InChI is InChI=1S/C17H14F2O2S/c18-14-8-7-12(17(20)21)13(16(14)19)9-22-15-6-2-4-10-3-1-5-11(10)15/h2,4,6-8H,1,3,5,9H2,(H,20,21). The van der Waals surface area contributed by atoms with Gasteiger partial charge in [0.05, 0.1) is 5.56 Å². The third-order valence-corrected chi connectivity index (χ3v) is 5.03. The van der Waals surface area contributed by atoms with E-state index in [1.54, 1.807) is 0 Å². The van der Waals surface area contributed by atoms with Gasteiger partial charge in [-0.05, 0) is 48.6 Å². The van der Waals surface area contributed by atoms with E-state index in [2.05, 4.69) is 6.07 Å². The molecule has 0 saturated carbocycles. The molecule has 0 saturated heterocycles. The predicted molar refractivity (Wildman–Crippen MR) is 81.3 cm³/mol. The van der Waals surface area contributed by atoms with Gasteiger partial charge in [0.15, 0.2) is 11.6 Å². The van der Waals surface area contributed by atoms with E-state index in [0.29, 0.717) is 0 Å². The summed E-state index contributed by atoms with van der Waals surface area (Å²) in [4.78, 5) is 12.2. The molecule has 1 aliphatic carbocycles. The van der Waals surface area contributed by atoms with E-state index in [0.717, 1.165) is 36.3 Å². The average molecular weight is 320 g/mol. The van der Waals surface area contributed by atoms with Gasteiger partial charge in [-0.1, -0.05) is 12.1 Å². The van der Waals surface area contributed by atoms with Crippen molar-refractivity contribution in [3.8, 4) is 0 Å². The van der Waals surface area contributed by atoms with Crippen molar-refractivity contribution < 1.29 is 18.7 Å². The lowest BCUT2D eigenvalue weighted by Gasteiger charge is -2.11. The molecule has 0 spiro atoms. The average Bonchev–Trinajstić information content (AvgIpc) is 2.97. The van der Waals surface area contributed by atoms with Gasteiger partial charge < -0.3 is 5.11 Å². The Hall–Kier alpha value is -1.88. The van der Waals surface area contributed by atoms with Crippen molar-refractivity contribution in [2.45, 2.75) is 29.9 Å². The summed E-state index contributed by atoms with van der Waals surface area (Å²) in [6.45, 7) is 0. The maximum absolute atomic E-state index is 13.9. The summed E-state index contributed by atoms with van der Waals surface area (Å²) >= 11 is 1.36. The fourth-order valence-electron chi connectivity index (χ4n) is 2.80. The minimum absolute atomic E-state index is 0.0897. The van der Waals surface area contributed by atoms with Crippen LogP contribution in [0.25, 0.3) is 0 Å². The van der Waals surface area contributed by atoms with Crippen LogP contribution >= 0.6 is 11.8 Å². The van der Waals surface area contributed by atoms with Crippen LogP contribution in [0.15, 0.2) is 35.2 Å². The van der Waals surface area contributed by atoms with Crippen molar-refractivity contribution >= 4 is 17.7 Å². The smallest absolute Gasteiger partial charge is 0.336 e. The van der Waals surface area contributed by atoms with E-state index in [9.17, 15) is 13.6 Å². The molecule has 1 aliphatic rings. The van der Waals surface area contributed by atoms with Gasteiger partial charge in [0, 0.05) is 16.2 Å². The number of fused-ring (bicyclic) bond motifs is 1. The van der Waals surface area contributed by atoms with Crippen LogP contribution in [0.1, 0.15) is 33.5 Å². The van der Waals surface area contributed by atoms with Crippen LogP contribution in [0.2, 0.25) is 0 Å². The van der Waals surface area contributed by atoms with Gasteiger partial charge in [0.25, 0.3) is 0 Å². The molecule has 0 heterocycles. The molecule has 22 heavy (non-hydrogen) atoms. The lowest BCUT2D eigenvalue weighted by atomic mass is 10.1. The van der Waals surface area contributed by atoms with Gasteiger partial charge in [0.1, 0.15) is 0 Å². The molecule has 3 rings (SSSR count). The number of hydrogen-bond donors (Lipinski definition) is 1. The summed E-state index contributed by atoms with van der Waals surface area (Å²) in [6, 6.07) is 7.95. The van der Waals surface area contributed by atoms with Crippen LogP contribution in [0.3, 0.4) is 0 Å². The topological polar surface area (TPSA) is 37.3 Å². The maximum atomic E-state index is 13.9. The molecule has 0 aromatic heterocycles. The molecule has 2 aromatic rings. The molecule has 5 heteroatoms. The highest BCUT2D eigenvalue weighted by atomic mass is 32.2. The maximum Gasteiger partial charge on any atom is 0.336 e. The molecular weight excluding hydrogens is 306 g/mol. The van der Waals surface area contributed by atoms with Gasteiger partial charge in [-0.3, -0.25) is 0 Å². The van der Waals surface area contributed by atoms with Crippen LogP contribution in [-0.2, 0) is 18.6 Å². The summed E-state index contributed by atoms with van der Waals surface area (Å²) in [5.41, 5.74) is 2.27. The summed E-state index contributed by atoms with van der Waals surface area (Å²) < 4.78 is 27.3. The van der Waals surface area contributed by atoms with Crippen LogP contribution in [-0.4, -0.2) is 11.1 Å². The number of benzene rings is 2. The molecule has 2 nitrogen and oxygen atoms in total. The zero-order valence-electron chi connectivity index (χ0n) is 11.7. The predicted octanol–water partition coefficient (Wildman–Crippen LogP) is 4.44. The third-order valence-electron chi connectivity index (χ3n) is 3.90.